The second-order valence-corrected chi connectivity index (χ2v) is 6.36. The highest BCUT2D eigenvalue weighted by molar-refractivity contribution is 6.30. The van der Waals surface area contributed by atoms with E-state index in [1.807, 2.05) is 6.92 Å². The standard InChI is InChI=1S/C20H18ClF3N2O2/c1-2-10-26(18(28)9-6-13-4-3-5-14(21)11-13)12-17(27)25-16-8-7-15(22)19(23)20(16)24/h3-9,11H,2,10,12H2,1H3,(H,25,27)/b9-6+. The lowest BCUT2D eigenvalue weighted by Crippen LogP contribution is -2.37. The van der Waals surface area contributed by atoms with Crippen molar-refractivity contribution in [3.05, 3.63) is 70.5 Å². The molecule has 0 heterocycles. The molecule has 28 heavy (non-hydrogen) atoms. The zero-order chi connectivity index (χ0) is 20.7. The van der Waals surface area contributed by atoms with E-state index in [4.69, 9.17) is 11.6 Å². The van der Waals surface area contributed by atoms with Gasteiger partial charge in [-0.1, -0.05) is 30.7 Å². The Labute approximate surface area is 165 Å². The van der Waals surface area contributed by atoms with Crippen molar-refractivity contribution in [2.24, 2.45) is 0 Å². The first kappa shape index (κ1) is 21.5. The smallest absolute Gasteiger partial charge is 0.247 e. The molecule has 2 aromatic carbocycles. The van der Waals surface area contributed by atoms with E-state index < -0.39 is 35.0 Å². The molecule has 0 radical (unpaired) electrons. The number of hydrogen-bond acceptors (Lipinski definition) is 2. The van der Waals surface area contributed by atoms with Gasteiger partial charge in [0.2, 0.25) is 11.8 Å². The fourth-order valence-electron chi connectivity index (χ4n) is 2.41. The monoisotopic (exact) mass is 410 g/mol. The molecule has 0 aliphatic carbocycles. The Balaban J connectivity index is 2.06. The number of carbonyl (C=O) groups is 2. The lowest BCUT2D eigenvalue weighted by molar-refractivity contribution is -0.130. The van der Waals surface area contributed by atoms with Crippen LogP contribution in [0.5, 0.6) is 0 Å². The summed E-state index contributed by atoms with van der Waals surface area (Å²) in [4.78, 5) is 25.8. The molecule has 4 nitrogen and oxygen atoms in total. The summed E-state index contributed by atoms with van der Waals surface area (Å²) in [5, 5.41) is 2.67. The van der Waals surface area contributed by atoms with Crippen LogP contribution < -0.4 is 5.32 Å². The highest BCUT2D eigenvalue weighted by atomic mass is 35.5. The molecule has 0 saturated carbocycles. The number of halogens is 4. The van der Waals surface area contributed by atoms with Gasteiger partial charge in [0.05, 0.1) is 5.69 Å². The maximum Gasteiger partial charge on any atom is 0.247 e. The number of rotatable bonds is 7. The van der Waals surface area contributed by atoms with Gasteiger partial charge >= 0.3 is 0 Å². The first-order valence-corrected chi connectivity index (χ1v) is 8.85. The number of nitrogens with one attached hydrogen (secondary N) is 1. The molecular formula is C20H18ClF3N2O2. The van der Waals surface area contributed by atoms with Crippen molar-refractivity contribution in [1.82, 2.24) is 4.90 Å². The SMILES string of the molecule is CCCN(CC(=O)Nc1ccc(F)c(F)c1F)C(=O)/C=C/c1cccc(Cl)c1. The van der Waals surface area contributed by atoms with E-state index in [-0.39, 0.29) is 13.1 Å². The quantitative estimate of drug-likeness (QED) is 0.533. The highest BCUT2D eigenvalue weighted by Crippen LogP contribution is 2.19. The van der Waals surface area contributed by atoms with Gasteiger partial charge < -0.3 is 10.2 Å². The number of benzene rings is 2. The average molecular weight is 411 g/mol. The second kappa shape index (κ2) is 9.94. The Morgan fingerprint density at radius 1 is 1.14 bits per heavy atom. The number of nitrogens with zero attached hydrogens (tertiary/aromatic N) is 1. The van der Waals surface area contributed by atoms with E-state index in [9.17, 15) is 22.8 Å². The summed E-state index contributed by atoms with van der Waals surface area (Å²) in [5.41, 5.74) is 0.216. The van der Waals surface area contributed by atoms with Crippen LogP contribution in [0.4, 0.5) is 18.9 Å². The predicted molar refractivity (Wildman–Crippen MR) is 102 cm³/mol. The molecule has 0 aromatic heterocycles. The fraction of sp³-hybridized carbons (Fsp3) is 0.200. The Morgan fingerprint density at radius 3 is 2.57 bits per heavy atom. The third kappa shape index (κ3) is 5.85. The molecule has 0 fully saturated rings. The van der Waals surface area contributed by atoms with Gasteiger partial charge in [-0.2, -0.15) is 0 Å². The molecule has 2 aromatic rings. The van der Waals surface area contributed by atoms with E-state index in [1.54, 1.807) is 30.3 Å². The highest BCUT2D eigenvalue weighted by Gasteiger charge is 2.18. The van der Waals surface area contributed by atoms with Crippen molar-refractivity contribution in [3.8, 4) is 0 Å². The van der Waals surface area contributed by atoms with Crippen molar-refractivity contribution in [3.63, 3.8) is 0 Å². The zero-order valence-corrected chi connectivity index (χ0v) is 15.8. The van der Waals surface area contributed by atoms with Crippen LogP contribution in [0.3, 0.4) is 0 Å². The fourth-order valence-corrected chi connectivity index (χ4v) is 2.60. The molecule has 1 N–H and O–H groups in total. The minimum atomic E-state index is -1.68. The first-order chi connectivity index (χ1) is 13.3. The first-order valence-electron chi connectivity index (χ1n) is 8.47. The zero-order valence-electron chi connectivity index (χ0n) is 15.0. The van der Waals surface area contributed by atoms with E-state index in [0.29, 0.717) is 23.1 Å². The van der Waals surface area contributed by atoms with E-state index in [2.05, 4.69) is 5.32 Å². The normalized spacial score (nSPS) is 10.9. The molecular weight excluding hydrogens is 393 g/mol. The molecule has 0 atom stereocenters. The minimum absolute atomic E-state index is 0.284. The van der Waals surface area contributed by atoms with Crippen LogP contribution in [0.2, 0.25) is 5.02 Å². The number of carbonyl (C=O) groups excluding carboxylic acids is 2. The van der Waals surface area contributed by atoms with Gasteiger partial charge in [0.25, 0.3) is 0 Å². The Bertz CT molecular complexity index is 903. The molecule has 2 amide bonds. The van der Waals surface area contributed by atoms with Crippen molar-refractivity contribution in [2.45, 2.75) is 13.3 Å². The predicted octanol–water partition coefficient (Wildman–Crippen LogP) is 4.65. The van der Waals surface area contributed by atoms with Gasteiger partial charge in [0, 0.05) is 17.6 Å². The molecule has 0 aliphatic rings. The van der Waals surface area contributed by atoms with Crippen LogP contribution in [-0.2, 0) is 9.59 Å². The van der Waals surface area contributed by atoms with Crippen molar-refractivity contribution >= 4 is 35.2 Å². The van der Waals surface area contributed by atoms with Crippen LogP contribution in [0.1, 0.15) is 18.9 Å². The largest absolute Gasteiger partial charge is 0.330 e. The van der Waals surface area contributed by atoms with E-state index in [0.717, 1.165) is 6.07 Å². The summed E-state index contributed by atoms with van der Waals surface area (Å²) in [6, 6.07) is 8.49. The summed E-state index contributed by atoms with van der Waals surface area (Å²) < 4.78 is 39.9. The van der Waals surface area contributed by atoms with Gasteiger partial charge in [0.1, 0.15) is 6.54 Å². The van der Waals surface area contributed by atoms with Gasteiger partial charge in [0.15, 0.2) is 17.5 Å². The van der Waals surface area contributed by atoms with Gasteiger partial charge in [-0.25, -0.2) is 13.2 Å². The molecule has 148 valence electrons. The summed E-state index contributed by atoms with van der Waals surface area (Å²) in [6.45, 7) is 1.74. The number of anilines is 1. The molecule has 8 heteroatoms. The van der Waals surface area contributed by atoms with Gasteiger partial charge in [-0.3, -0.25) is 9.59 Å². The molecule has 2 rings (SSSR count). The summed E-state index contributed by atoms with van der Waals surface area (Å²) in [5.74, 6) is -5.69. The van der Waals surface area contributed by atoms with Crippen molar-refractivity contribution in [2.75, 3.05) is 18.4 Å². The lowest BCUT2D eigenvalue weighted by atomic mass is 10.2. The number of amides is 2. The van der Waals surface area contributed by atoms with E-state index >= 15 is 0 Å². The summed E-state index contributed by atoms with van der Waals surface area (Å²) >= 11 is 5.89. The Hall–Kier alpha value is -2.80. The molecule has 0 spiro atoms. The van der Waals surface area contributed by atoms with Crippen LogP contribution in [0.25, 0.3) is 6.08 Å². The Kier molecular flexibility index (Phi) is 7.63. The third-order valence-corrected chi connectivity index (χ3v) is 3.95. The van der Waals surface area contributed by atoms with E-state index in [1.165, 1.54) is 11.0 Å². The second-order valence-electron chi connectivity index (χ2n) is 5.92. The van der Waals surface area contributed by atoms with Crippen LogP contribution in [0.15, 0.2) is 42.5 Å². The van der Waals surface area contributed by atoms with Gasteiger partial charge in [-0.05, 0) is 42.3 Å². The van der Waals surface area contributed by atoms with Gasteiger partial charge in [-0.15, -0.1) is 0 Å². The average Bonchev–Trinajstić information content (AvgIpc) is 2.66. The topological polar surface area (TPSA) is 49.4 Å². The molecule has 0 unspecified atom stereocenters. The Morgan fingerprint density at radius 2 is 1.89 bits per heavy atom. The minimum Gasteiger partial charge on any atom is -0.330 e. The van der Waals surface area contributed by atoms with Crippen molar-refractivity contribution in [1.29, 1.82) is 0 Å². The number of hydrogen-bond donors (Lipinski definition) is 1. The molecule has 0 aliphatic heterocycles. The van der Waals surface area contributed by atoms with Crippen LogP contribution >= 0.6 is 11.6 Å². The van der Waals surface area contributed by atoms with Crippen molar-refractivity contribution < 1.29 is 22.8 Å². The molecule has 0 saturated heterocycles. The van der Waals surface area contributed by atoms with Crippen LogP contribution in [0, 0.1) is 17.5 Å². The summed E-state index contributed by atoms with van der Waals surface area (Å²) in [6.07, 6.45) is 3.44. The molecule has 0 bridgehead atoms. The lowest BCUT2D eigenvalue weighted by Gasteiger charge is -2.20. The van der Waals surface area contributed by atoms with Crippen LogP contribution in [-0.4, -0.2) is 29.8 Å². The maximum absolute atomic E-state index is 13.7. The summed E-state index contributed by atoms with van der Waals surface area (Å²) in [7, 11) is 0. The maximum atomic E-state index is 13.7. The third-order valence-electron chi connectivity index (χ3n) is 3.72.